The number of ether oxygens (including phenoxy) is 1. The highest BCUT2D eigenvalue weighted by Crippen LogP contribution is 2.29. The fraction of sp³-hybridized carbons (Fsp3) is 1.00. The van der Waals surface area contributed by atoms with Gasteiger partial charge in [-0.05, 0) is 44.1 Å². The second-order valence-electron chi connectivity index (χ2n) is 6.68. The number of nitrogens with one attached hydrogen (secondary N) is 1. The molecule has 1 saturated carbocycles. The van der Waals surface area contributed by atoms with Gasteiger partial charge in [-0.15, -0.1) is 0 Å². The Balaban J connectivity index is 1.77. The number of hydrogen-bond acceptors (Lipinski definition) is 3. The van der Waals surface area contributed by atoms with Crippen molar-refractivity contribution >= 4 is 0 Å². The molecule has 112 valence electrons. The quantitative estimate of drug-likeness (QED) is 0.768. The van der Waals surface area contributed by atoms with Crippen LogP contribution in [0.1, 0.15) is 45.4 Å². The van der Waals surface area contributed by atoms with Gasteiger partial charge in [0, 0.05) is 32.8 Å². The van der Waals surface area contributed by atoms with Crippen molar-refractivity contribution < 1.29 is 4.74 Å². The van der Waals surface area contributed by atoms with E-state index in [-0.39, 0.29) is 0 Å². The number of nitrogens with zero attached hydrogens (tertiary/aromatic N) is 1. The Labute approximate surface area is 119 Å². The van der Waals surface area contributed by atoms with Gasteiger partial charge < -0.3 is 10.1 Å². The minimum absolute atomic E-state index is 0.720. The lowest BCUT2D eigenvalue weighted by molar-refractivity contribution is 0.117. The summed E-state index contributed by atoms with van der Waals surface area (Å²) in [7, 11) is 1.81. The van der Waals surface area contributed by atoms with Gasteiger partial charge >= 0.3 is 0 Å². The van der Waals surface area contributed by atoms with Gasteiger partial charge in [0.1, 0.15) is 0 Å². The van der Waals surface area contributed by atoms with E-state index in [1.54, 1.807) is 0 Å². The molecule has 0 radical (unpaired) electrons. The van der Waals surface area contributed by atoms with Crippen LogP contribution in [0.4, 0.5) is 0 Å². The predicted molar refractivity (Wildman–Crippen MR) is 80.5 cm³/mol. The molecule has 0 bridgehead atoms. The van der Waals surface area contributed by atoms with Crippen molar-refractivity contribution in [2.75, 3.05) is 39.9 Å². The summed E-state index contributed by atoms with van der Waals surface area (Å²) in [5, 5.41) is 3.63. The van der Waals surface area contributed by atoms with Gasteiger partial charge in [-0.3, -0.25) is 4.90 Å². The maximum Gasteiger partial charge on any atom is 0.0589 e. The van der Waals surface area contributed by atoms with E-state index >= 15 is 0 Å². The van der Waals surface area contributed by atoms with Crippen molar-refractivity contribution in [3.8, 4) is 0 Å². The van der Waals surface area contributed by atoms with Crippen molar-refractivity contribution in [2.24, 2.45) is 11.8 Å². The first-order chi connectivity index (χ1) is 9.28. The maximum atomic E-state index is 5.29. The molecule has 1 saturated heterocycles. The van der Waals surface area contributed by atoms with E-state index in [9.17, 15) is 0 Å². The van der Waals surface area contributed by atoms with E-state index in [1.807, 2.05) is 7.11 Å². The zero-order valence-electron chi connectivity index (χ0n) is 12.9. The Morgan fingerprint density at radius 2 is 2.05 bits per heavy atom. The normalized spacial score (nSPS) is 32.1. The predicted octanol–water partition coefficient (Wildman–Crippen LogP) is 2.51. The van der Waals surface area contributed by atoms with Crippen LogP contribution in [0.3, 0.4) is 0 Å². The van der Waals surface area contributed by atoms with E-state index in [0.717, 1.165) is 31.0 Å². The van der Waals surface area contributed by atoms with Gasteiger partial charge in [-0.2, -0.15) is 0 Å². The fourth-order valence-corrected chi connectivity index (χ4v) is 3.79. The van der Waals surface area contributed by atoms with Gasteiger partial charge in [0.25, 0.3) is 0 Å². The lowest BCUT2D eigenvalue weighted by Gasteiger charge is -2.33. The monoisotopic (exact) mass is 268 g/mol. The van der Waals surface area contributed by atoms with E-state index in [2.05, 4.69) is 17.1 Å². The van der Waals surface area contributed by atoms with Crippen LogP contribution in [0.5, 0.6) is 0 Å². The zero-order valence-corrected chi connectivity index (χ0v) is 12.9. The van der Waals surface area contributed by atoms with Crippen molar-refractivity contribution in [1.82, 2.24) is 10.2 Å². The summed E-state index contributed by atoms with van der Waals surface area (Å²) < 4.78 is 5.29. The average Bonchev–Trinajstić information content (AvgIpc) is 2.89. The molecule has 0 amide bonds. The third-order valence-electron chi connectivity index (χ3n) is 4.81. The summed E-state index contributed by atoms with van der Waals surface area (Å²) in [5.41, 5.74) is 0. The average molecular weight is 268 g/mol. The Kier molecular flexibility index (Phi) is 6.62. The topological polar surface area (TPSA) is 24.5 Å². The Bertz CT molecular complexity index is 241. The van der Waals surface area contributed by atoms with Crippen LogP contribution in [0.25, 0.3) is 0 Å². The molecule has 0 aromatic rings. The molecule has 2 fully saturated rings. The first-order valence-corrected chi connectivity index (χ1v) is 8.22. The van der Waals surface area contributed by atoms with Gasteiger partial charge in [-0.1, -0.05) is 19.8 Å². The SMILES string of the molecule is COCCN(CC1CCCC(C)C1)CC1CCCN1. The van der Waals surface area contributed by atoms with Crippen molar-refractivity contribution in [2.45, 2.75) is 51.5 Å². The van der Waals surface area contributed by atoms with Gasteiger partial charge in [0.15, 0.2) is 0 Å². The molecule has 2 aliphatic rings. The molecular formula is C16H32N2O. The van der Waals surface area contributed by atoms with E-state index < -0.39 is 0 Å². The number of rotatable bonds is 7. The van der Waals surface area contributed by atoms with Crippen LogP contribution >= 0.6 is 0 Å². The van der Waals surface area contributed by atoms with Gasteiger partial charge in [0.2, 0.25) is 0 Å². The van der Waals surface area contributed by atoms with Gasteiger partial charge in [0.05, 0.1) is 6.61 Å². The van der Waals surface area contributed by atoms with Crippen LogP contribution in [0.15, 0.2) is 0 Å². The number of methoxy groups -OCH3 is 1. The van der Waals surface area contributed by atoms with Gasteiger partial charge in [-0.25, -0.2) is 0 Å². The third kappa shape index (κ3) is 5.41. The highest BCUT2D eigenvalue weighted by Gasteiger charge is 2.23. The Morgan fingerprint density at radius 1 is 1.16 bits per heavy atom. The summed E-state index contributed by atoms with van der Waals surface area (Å²) in [6, 6.07) is 0.720. The standard InChI is InChI=1S/C16H32N2O/c1-14-5-3-6-15(11-14)12-18(9-10-19-2)13-16-7-4-8-17-16/h14-17H,3-13H2,1-2H3. The molecule has 3 nitrogen and oxygen atoms in total. The summed E-state index contributed by atoms with van der Waals surface area (Å²) in [6.07, 6.45) is 8.45. The van der Waals surface area contributed by atoms with E-state index in [1.165, 1.54) is 58.2 Å². The molecule has 3 atom stereocenters. The molecular weight excluding hydrogens is 236 g/mol. The van der Waals surface area contributed by atoms with Crippen LogP contribution in [0.2, 0.25) is 0 Å². The molecule has 0 spiro atoms. The number of hydrogen-bond donors (Lipinski definition) is 1. The van der Waals surface area contributed by atoms with Crippen molar-refractivity contribution in [3.63, 3.8) is 0 Å². The van der Waals surface area contributed by atoms with E-state index in [0.29, 0.717) is 0 Å². The first-order valence-electron chi connectivity index (χ1n) is 8.22. The summed E-state index contributed by atoms with van der Waals surface area (Å²) in [6.45, 7) is 8.10. The van der Waals surface area contributed by atoms with Crippen LogP contribution in [-0.4, -0.2) is 50.8 Å². The van der Waals surface area contributed by atoms with Crippen LogP contribution < -0.4 is 5.32 Å². The Hall–Kier alpha value is -0.120. The molecule has 0 aromatic heterocycles. The van der Waals surface area contributed by atoms with Crippen molar-refractivity contribution in [3.05, 3.63) is 0 Å². The molecule has 3 unspecified atom stereocenters. The third-order valence-corrected chi connectivity index (χ3v) is 4.81. The van der Waals surface area contributed by atoms with Crippen molar-refractivity contribution in [1.29, 1.82) is 0 Å². The highest BCUT2D eigenvalue weighted by molar-refractivity contribution is 4.80. The molecule has 0 aromatic carbocycles. The summed E-state index contributed by atoms with van der Waals surface area (Å²) >= 11 is 0. The fourth-order valence-electron chi connectivity index (χ4n) is 3.79. The maximum absolute atomic E-state index is 5.29. The molecule has 1 N–H and O–H groups in total. The Morgan fingerprint density at radius 3 is 2.74 bits per heavy atom. The highest BCUT2D eigenvalue weighted by atomic mass is 16.5. The summed E-state index contributed by atoms with van der Waals surface area (Å²) in [5.74, 6) is 1.86. The lowest BCUT2D eigenvalue weighted by atomic mass is 9.82. The summed E-state index contributed by atoms with van der Waals surface area (Å²) in [4.78, 5) is 2.65. The molecule has 1 heterocycles. The molecule has 3 heteroatoms. The van der Waals surface area contributed by atoms with Crippen LogP contribution in [0, 0.1) is 11.8 Å². The lowest BCUT2D eigenvalue weighted by Crippen LogP contribution is -2.42. The zero-order chi connectivity index (χ0) is 13.5. The van der Waals surface area contributed by atoms with E-state index in [4.69, 9.17) is 4.74 Å². The molecule has 2 rings (SSSR count). The van der Waals surface area contributed by atoms with Crippen LogP contribution in [-0.2, 0) is 4.74 Å². The minimum Gasteiger partial charge on any atom is -0.383 e. The molecule has 1 aliphatic heterocycles. The largest absolute Gasteiger partial charge is 0.383 e. The smallest absolute Gasteiger partial charge is 0.0589 e. The molecule has 19 heavy (non-hydrogen) atoms. The second-order valence-corrected chi connectivity index (χ2v) is 6.68. The minimum atomic E-state index is 0.720. The second kappa shape index (κ2) is 8.23. The molecule has 1 aliphatic carbocycles. The first kappa shape index (κ1) is 15.3.